The molecular weight excluding hydrogens is 332 g/mol. The second kappa shape index (κ2) is 5.78. The monoisotopic (exact) mass is 342 g/mol. The maximum Gasteiger partial charge on any atom is 0.339 e. The standard InChI is InChI=1S/C16H10N2O7/c1-2-25-16(20)13-7-9(18(23)24)6-12-14(13)10-4-3-8(17(21)22)5-11(10)15(12)19/h3-7H,2H2,1H3. The number of carbonyl (C=O) groups excluding carboxylic acids is 2. The van der Waals surface area contributed by atoms with Crippen LogP contribution in [0.2, 0.25) is 0 Å². The zero-order valence-corrected chi connectivity index (χ0v) is 12.8. The molecule has 0 saturated heterocycles. The molecule has 0 spiro atoms. The smallest absolute Gasteiger partial charge is 0.339 e. The lowest BCUT2D eigenvalue weighted by Gasteiger charge is -2.08. The van der Waals surface area contributed by atoms with E-state index in [4.69, 9.17) is 4.74 Å². The fourth-order valence-corrected chi connectivity index (χ4v) is 2.77. The summed E-state index contributed by atoms with van der Waals surface area (Å²) >= 11 is 0. The van der Waals surface area contributed by atoms with Gasteiger partial charge in [0.05, 0.1) is 22.0 Å². The number of nitro benzene ring substituents is 2. The van der Waals surface area contributed by atoms with Gasteiger partial charge in [0.2, 0.25) is 0 Å². The van der Waals surface area contributed by atoms with Gasteiger partial charge in [-0.3, -0.25) is 25.0 Å². The predicted octanol–water partition coefficient (Wildman–Crippen LogP) is 2.89. The molecule has 2 aromatic rings. The van der Waals surface area contributed by atoms with Crippen molar-refractivity contribution in [2.75, 3.05) is 6.61 Å². The topological polar surface area (TPSA) is 130 Å². The Labute approximate surface area is 140 Å². The van der Waals surface area contributed by atoms with E-state index in [0.29, 0.717) is 5.56 Å². The quantitative estimate of drug-likeness (QED) is 0.405. The summed E-state index contributed by atoms with van der Waals surface area (Å²) in [7, 11) is 0. The van der Waals surface area contributed by atoms with E-state index < -0.39 is 27.3 Å². The Hall–Kier alpha value is -3.62. The van der Waals surface area contributed by atoms with Gasteiger partial charge in [0.15, 0.2) is 5.78 Å². The Bertz CT molecular complexity index is 965. The third-order valence-corrected chi connectivity index (χ3v) is 3.80. The van der Waals surface area contributed by atoms with Crippen LogP contribution in [0.5, 0.6) is 0 Å². The summed E-state index contributed by atoms with van der Waals surface area (Å²) < 4.78 is 4.92. The molecule has 3 rings (SSSR count). The molecule has 0 bridgehead atoms. The lowest BCUT2D eigenvalue weighted by molar-refractivity contribution is -0.385. The van der Waals surface area contributed by atoms with E-state index in [1.54, 1.807) is 6.92 Å². The average molecular weight is 342 g/mol. The van der Waals surface area contributed by atoms with Crippen molar-refractivity contribution in [1.82, 2.24) is 0 Å². The number of carbonyl (C=O) groups is 2. The predicted molar refractivity (Wildman–Crippen MR) is 84.6 cm³/mol. The minimum absolute atomic E-state index is 0.0234. The van der Waals surface area contributed by atoms with E-state index in [1.807, 2.05) is 0 Å². The zero-order chi connectivity index (χ0) is 18.3. The average Bonchev–Trinajstić information content (AvgIpc) is 2.86. The van der Waals surface area contributed by atoms with Gasteiger partial charge in [-0.15, -0.1) is 0 Å². The number of rotatable bonds is 4. The molecule has 1 aliphatic rings. The van der Waals surface area contributed by atoms with Gasteiger partial charge in [-0.05, 0) is 18.6 Å². The first kappa shape index (κ1) is 16.2. The molecule has 0 atom stereocenters. The molecule has 0 amide bonds. The first-order chi connectivity index (χ1) is 11.8. The lowest BCUT2D eigenvalue weighted by Crippen LogP contribution is -2.08. The van der Waals surface area contributed by atoms with Crippen molar-refractivity contribution < 1.29 is 24.2 Å². The van der Waals surface area contributed by atoms with Crippen LogP contribution in [0.25, 0.3) is 11.1 Å². The number of nitrogens with zero attached hydrogens (tertiary/aromatic N) is 2. The number of ether oxygens (including phenoxy) is 1. The van der Waals surface area contributed by atoms with Gasteiger partial charge >= 0.3 is 5.97 Å². The number of nitro groups is 2. The summed E-state index contributed by atoms with van der Waals surface area (Å²) in [4.78, 5) is 45.4. The minimum atomic E-state index is -0.804. The zero-order valence-electron chi connectivity index (χ0n) is 12.8. The van der Waals surface area contributed by atoms with Gasteiger partial charge in [0, 0.05) is 41.0 Å². The molecule has 0 saturated carbocycles. The summed E-state index contributed by atoms with van der Waals surface area (Å²) in [6, 6.07) is 5.76. The third-order valence-electron chi connectivity index (χ3n) is 3.80. The van der Waals surface area contributed by atoms with Crippen molar-refractivity contribution in [3.63, 3.8) is 0 Å². The van der Waals surface area contributed by atoms with Gasteiger partial charge in [0.25, 0.3) is 11.4 Å². The van der Waals surface area contributed by atoms with E-state index in [1.165, 1.54) is 12.1 Å². The highest BCUT2D eigenvalue weighted by Crippen LogP contribution is 2.42. The number of fused-ring (bicyclic) bond motifs is 3. The number of non-ortho nitro benzene ring substituents is 2. The van der Waals surface area contributed by atoms with E-state index in [2.05, 4.69) is 0 Å². The number of ketones is 1. The second-order valence-electron chi connectivity index (χ2n) is 5.21. The van der Waals surface area contributed by atoms with Gasteiger partial charge in [0.1, 0.15) is 0 Å². The normalized spacial score (nSPS) is 11.6. The highest BCUT2D eigenvalue weighted by molar-refractivity contribution is 6.24. The van der Waals surface area contributed by atoms with Gasteiger partial charge in [-0.1, -0.05) is 0 Å². The molecule has 9 nitrogen and oxygen atoms in total. The molecule has 0 N–H and O–H groups in total. The summed E-state index contributed by atoms with van der Waals surface area (Å²) in [6.07, 6.45) is 0. The van der Waals surface area contributed by atoms with Gasteiger partial charge < -0.3 is 4.74 Å². The molecule has 0 aromatic heterocycles. The van der Waals surface area contributed by atoms with E-state index in [0.717, 1.165) is 18.2 Å². The first-order valence-corrected chi connectivity index (χ1v) is 7.18. The van der Waals surface area contributed by atoms with Crippen LogP contribution in [0.3, 0.4) is 0 Å². The largest absolute Gasteiger partial charge is 0.462 e. The number of hydrogen-bond donors (Lipinski definition) is 0. The van der Waals surface area contributed by atoms with Crippen LogP contribution >= 0.6 is 0 Å². The van der Waals surface area contributed by atoms with Crippen LogP contribution in [-0.2, 0) is 4.74 Å². The van der Waals surface area contributed by atoms with Crippen molar-refractivity contribution in [1.29, 1.82) is 0 Å². The van der Waals surface area contributed by atoms with Crippen molar-refractivity contribution in [3.05, 3.63) is 67.3 Å². The van der Waals surface area contributed by atoms with Gasteiger partial charge in [-0.2, -0.15) is 0 Å². The maximum atomic E-state index is 12.6. The Morgan fingerprint density at radius 2 is 1.64 bits per heavy atom. The number of benzene rings is 2. The highest BCUT2D eigenvalue weighted by atomic mass is 16.6. The van der Waals surface area contributed by atoms with Crippen LogP contribution in [0.15, 0.2) is 30.3 Å². The van der Waals surface area contributed by atoms with Gasteiger partial charge in [-0.25, -0.2) is 4.79 Å². The van der Waals surface area contributed by atoms with Crippen molar-refractivity contribution in [2.24, 2.45) is 0 Å². The second-order valence-corrected chi connectivity index (χ2v) is 5.21. The molecular formula is C16H10N2O7. The number of hydrogen-bond acceptors (Lipinski definition) is 7. The number of esters is 1. The van der Waals surface area contributed by atoms with Crippen LogP contribution in [-0.4, -0.2) is 28.2 Å². The van der Waals surface area contributed by atoms with Crippen molar-refractivity contribution in [3.8, 4) is 11.1 Å². The first-order valence-electron chi connectivity index (χ1n) is 7.18. The van der Waals surface area contributed by atoms with Crippen LogP contribution in [0.1, 0.15) is 33.2 Å². The summed E-state index contributed by atoms with van der Waals surface area (Å²) in [5.41, 5.74) is -0.359. The van der Waals surface area contributed by atoms with Crippen molar-refractivity contribution in [2.45, 2.75) is 6.92 Å². The van der Waals surface area contributed by atoms with E-state index >= 15 is 0 Å². The molecule has 25 heavy (non-hydrogen) atoms. The van der Waals surface area contributed by atoms with Crippen molar-refractivity contribution >= 4 is 23.1 Å². The molecule has 2 aromatic carbocycles. The summed E-state index contributed by atoms with van der Waals surface area (Å²) in [6.45, 7) is 1.63. The fourth-order valence-electron chi connectivity index (χ4n) is 2.77. The fraction of sp³-hybridized carbons (Fsp3) is 0.125. The molecule has 9 heteroatoms. The third kappa shape index (κ3) is 2.51. The molecule has 0 radical (unpaired) electrons. The molecule has 0 heterocycles. The molecule has 1 aliphatic carbocycles. The lowest BCUT2D eigenvalue weighted by atomic mass is 9.98. The van der Waals surface area contributed by atoms with Crippen LogP contribution in [0.4, 0.5) is 11.4 Å². The summed E-state index contributed by atoms with van der Waals surface area (Å²) in [5, 5.41) is 22.0. The molecule has 0 fully saturated rings. The Balaban J connectivity index is 2.30. The maximum absolute atomic E-state index is 12.6. The molecule has 126 valence electrons. The van der Waals surface area contributed by atoms with E-state index in [-0.39, 0.29) is 34.5 Å². The van der Waals surface area contributed by atoms with Crippen LogP contribution in [0, 0.1) is 20.2 Å². The molecule has 0 unspecified atom stereocenters. The Morgan fingerprint density at radius 3 is 2.24 bits per heavy atom. The minimum Gasteiger partial charge on any atom is -0.462 e. The van der Waals surface area contributed by atoms with Crippen LogP contribution < -0.4 is 0 Å². The Kier molecular flexibility index (Phi) is 3.76. The SMILES string of the molecule is CCOC(=O)c1cc([N+](=O)[O-])cc2c1-c1ccc([N+](=O)[O-])cc1C2=O. The summed E-state index contributed by atoms with van der Waals surface area (Å²) in [5.74, 6) is -1.41. The molecule has 0 aliphatic heterocycles. The highest BCUT2D eigenvalue weighted by Gasteiger charge is 2.35. The Morgan fingerprint density at radius 1 is 1.00 bits per heavy atom. The van der Waals surface area contributed by atoms with E-state index in [9.17, 15) is 29.8 Å².